The smallest absolute Gasteiger partial charge is 0.410 e. The fourth-order valence-corrected chi connectivity index (χ4v) is 3.15. The van der Waals surface area contributed by atoms with Gasteiger partial charge < -0.3 is 9.64 Å². The zero-order chi connectivity index (χ0) is 22.0. The van der Waals surface area contributed by atoms with Crippen molar-refractivity contribution in [2.45, 2.75) is 45.1 Å². The third kappa shape index (κ3) is 5.01. The van der Waals surface area contributed by atoms with Crippen LogP contribution in [0.1, 0.15) is 44.0 Å². The first-order valence-corrected chi connectivity index (χ1v) is 10.0. The fraction of sp³-hybridized carbons (Fsp3) is 0.348. The molecule has 31 heavy (non-hydrogen) atoms. The van der Waals surface area contributed by atoms with Crippen LogP contribution in [0.5, 0.6) is 0 Å². The molecule has 160 valence electrons. The van der Waals surface area contributed by atoms with E-state index in [0.717, 1.165) is 6.42 Å². The first-order valence-electron chi connectivity index (χ1n) is 10.0. The Kier molecular flexibility index (Phi) is 5.61. The first-order chi connectivity index (χ1) is 14.8. The van der Waals surface area contributed by atoms with Crippen LogP contribution in [0.3, 0.4) is 0 Å². The maximum atomic E-state index is 13.2. The van der Waals surface area contributed by atoms with Gasteiger partial charge in [-0.15, -0.1) is 0 Å². The molecule has 0 aliphatic carbocycles. The summed E-state index contributed by atoms with van der Waals surface area (Å²) in [6.07, 6.45) is 1.51. The number of likely N-dealkylation sites (tertiary alicyclic amines) is 1. The molecule has 0 spiro atoms. The number of benzene rings is 1. The Balaban J connectivity index is 1.41. The van der Waals surface area contributed by atoms with Crippen molar-refractivity contribution in [1.82, 2.24) is 15.4 Å². The Morgan fingerprint density at radius 2 is 2.06 bits per heavy atom. The molecule has 0 saturated carbocycles. The summed E-state index contributed by atoms with van der Waals surface area (Å²) >= 11 is 0. The van der Waals surface area contributed by atoms with E-state index in [0.29, 0.717) is 29.2 Å². The molecule has 8 heteroatoms. The van der Waals surface area contributed by atoms with E-state index >= 15 is 0 Å². The molecule has 7 nitrogen and oxygen atoms in total. The number of aliphatic imine (C=N–C) groups is 1. The van der Waals surface area contributed by atoms with Gasteiger partial charge in [0.05, 0.1) is 6.04 Å². The Hall–Kier alpha value is -3.44. The van der Waals surface area contributed by atoms with Crippen LogP contribution in [-0.2, 0) is 9.57 Å². The van der Waals surface area contributed by atoms with Gasteiger partial charge in [-0.1, -0.05) is 17.9 Å². The van der Waals surface area contributed by atoms with Gasteiger partial charge >= 0.3 is 6.09 Å². The highest BCUT2D eigenvalue weighted by Gasteiger charge is 2.43. The highest BCUT2D eigenvalue weighted by Crippen LogP contribution is 2.27. The van der Waals surface area contributed by atoms with E-state index in [4.69, 9.17) is 9.57 Å². The summed E-state index contributed by atoms with van der Waals surface area (Å²) in [5.41, 5.74) is 4.13. The lowest BCUT2D eigenvalue weighted by Gasteiger charge is -2.42. The second kappa shape index (κ2) is 8.36. The maximum absolute atomic E-state index is 13.2. The number of hydroxylamine groups is 1. The molecule has 1 amide bonds. The summed E-state index contributed by atoms with van der Waals surface area (Å²) in [5, 5.41) is 0. The lowest BCUT2D eigenvalue weighted by atomic mass is 10.0. The number of hydrogen-bond donors (Lipinski definition) is 1. The van der Waals surface area contributed by atoms with Crippen molar-refractivity contribution in [3.05, 3.63) is 65.2 Å². The highest BCUT2D eigenvalue weighted by atomic mass is 19.1. The second-order valence-electron chi connectivity index (χ2n) is 8.31. The van der Waals surface area contributed by atoms with Crippen molar-refractivity contribution in [3.8, 4) is 11.8 Å². The number of carbonyl (C=O) groups is 1. The third-order valence-electron chi connectivity index (χ3n) is 4.74. The minimum absolute atomic E-state index is 0.184. The monoisotopic (exact) mass is 422 g/mol. The van der Waals surface area contributed by atoms with Gasteiger partial charge in [0.1, 0.15) is 17.1 Å². The number of pyridine rings is 1. The Morgan fingerprint density at radius 1 is 1.26 bits per heavy atom. The van der Waals surface area contributed by atoms with E-state index in [1.165, 1.54) is 12.1 Å². The summed E-state index contributed by atoms with van der Waals surface area (Å²) in [6.45, 7) is 6.12. The molecule has 4 rings (SSSR count). The number of amides is 1. The van der Waals surface area contributed by atoms with Crippen molar-refractivity contribution in [2.75, 3.05) is 6.54 Å². The quantitative estimate of drug-likeness (QED) is 0.752. The summed E-state index contributed by atoms with van der Waals surface area (Å²) < 4.78 is 18.7. The normalized spacial score (nSPS) is 20.1. The van der Waals surface area contributed by atoms with Crippen molar-refractivity contribution in [1.29, 1.82) is 0 Å². The van der Waals surface area contributed by atoms with Gasteiger partial charge in [0, 0.05) is 23.9 Å². The Morgan fingerprint density at radius 3 is 2.71 bits per heavy atom. The third-order valence-corrected chi connectivity index (χ3v) is 4.74. The van der Waals surface area contributed by atoms with Gasteiger partial charge in [-0.05, 0) is 57.5 Å². The van der Waals surface area contributed by atoms with Crippen LogP contribution in [0.25, 0.3) is 0 Å². The molecule has 1 aromatic heterocycles. The standard InChI is InChI=1S/C23H23FN4O3/c1-23(2,3)30-22(29)28-12-11-19(28)21-26-20(27-31-21)18-10-9-16(14-25-18)8-7-15-5-4-6-17(24)13-15/h4-6,9-10,13-14,19,21H,11-12H2,1-3H3,(H,26,27). The van der Waals surface area contributed by atoms with Crippen molar-refractivity contribution in [2.24, 2.45) is 4.99 Å². The predicted octanol–water partition coefficient (Wildman–Crippen LogP) is 3.24. The molecular formula is C23H23FN4O3. The number of ether oxygens (including phenoxy) is 1. The molecule has 1 aromatic carbocycles. The molecule has 2 aromatic rings. The number of nitrogens with one attached hydrogen (secondary N) is 1. The molecule has 2 aliphatic rings. The number of amidine groups is 1. The number of nitrogens with zero attached hydrogens (tertiary/aromatic N) is 3. The molecule has 3 heterocycles. The molecule has 0 bridgehead atoms. The van der Waals surface area contributed by atoms with Gasteiger partial charge in [0.15, 0.2) is 12.1 Å². The first kappa shape index (κ1) is 20.8. The van der Waals surface area contributed by atoms with E-state index in [1.54, 1.807) is 29.3 Å². The lowest BCUT2D eigenvalue weighted by Crippen LogP contribution is -2.57. The molecule has 2 aliphatic heterocycles. The molecule has 1 N–H and O–H groups in total. The van der Waals surface area contributed by atoms with E-state index < -0.39 is 11.8 Å². The highest BCUT2D eigenvalue weighted by molar-refractivity contribution is 5.97. The van der Waals surface area contributed by atoms with Crippen LogP contribution in [0, 0.1) is 17.7 Å². The number of rotatable bonds is 2. The number of aromatic nitrogens is 1. The molecule has 0 radical (unpaired) electrons. The SMILES string of the molecule is CC(C)(C)OC(=O)N1CCC1C1N=C(c2ccc(C#Cc3cccc(F)c3)cn2)NO1. The average molecular weight is 422 g/mol. The largest absolute Gasteiger partial charge is 0.444 e. The van der Waals surface area contributed by atoms with Gasteiger partial charge in [0.2, 0.25) is 0 Å². The Bertz CT molecular complexity index is 1070. The number of halogens is 1. The summed E-state index contributed by atoms with van der Waals surface area (Å²) in [5.74, 6) is 6.04. The minimum Gasteiger partial charge on any atom is -0.444 e. The lowest BCUT2D eigenvalue weighted by molar-refractivity contribution is -0.0683. The second-order valence-corrected chi connectivity index (χ2v) is 8.31. The molecule has 2 unspecified atom stereocenters. The minimum atomic E-state index is -0.552. The zero-order valence-electron chi connectivity index (χ0n) is 17.6. The number of hydrogen-bond acceptors (Lipinski definition) is 6. The van der Waals surface area contributed by atoms with E-state index in [-0.39, 0.29) is 18.0 Å². The molecule has 1 saturated heterocycles. The van der Waals surface area contributed by atoms with Gasteiger partial charge in [-0.2, -0.15) is 0 Å². The molecular weight excluding hydrogens is 399 g/mol. The van der Waals surface area contributed by atoms with Gasteiger partial charge in [0.25, 0.3) is 0 Å². The maximum Gasteiger partial charge on any atom is 0.410 e. The molecule has 2 atom stereocenters. The Labute approximate surface area is 180 Å². The van der Waals surface area contributed by atoms with Gasteiger partial charge in [-0.3, -0.25) is 4.98 Å². The van der Waals surface area contributed by atoms with Gasteiger partial charge in [-0.25, -0.2) is 24.5 Å². The van der Waals surface area contributed by atoms with Crippen molar-refractivity contribution >= 4 is 11.9 Å². The summed E-state index contributed by atoms with van der Waals surface area (Å²) in [7, 11) is 0. The van der Waals surface area contributed by atoms with Crippen LogP contribution in [0.2, 0.25) is 0 Å². The summed E-state index contributed by atoms with van der Waals surface area (Å²) in [6, 6.07) is 9.52. The van der Waals surface area contributed by atoms with Crippen LogP contribution in [0.4, 0.5) is 9.18 Å². The summed E-state index contributed by atoms with van der Waals surface area (Å²) in [4.78, 5) is 28.4. The fourth-order valence-electron chi connectivity index (χ4n) is 3.15. The molecule has 1 fully saturated rings. The van der Waals surface area contributed by atoms with Crippen LogP contribution >= 0.6 is 0 Å². The van der Waals surface area contributed by atoms with Crippen molar-refractivity contribution < 1.29 is 18.8 Å². The average Bonchev–Trinajstić information content (AvgIpc) is 3.14. The zero-order valence-corrected chi connectivity index (χ0v) is 17.6. The van der Waals surface area contributed by atoms with Crippen LogP contribution < -0.4 is 5.48 Å². The van der Waals surface area contributed by atoms with E-state index in [2.05, 4.69) is 27.3 Å². The van der Waals surface area contributed by atoms with E-state index in [9.17, 15) is 9.18 Å². The van der Waals surface area contributed by atoms with E-state index in [1.807, 2.05) is 26.8 Å². The van der Waals surface area contributed by atoms with Crippen molar-refractivity contribution in [3.63, 3.8) is 0 Å². The predicted molar refractivity (Wildman–Crippen MR) is 113 cm³/mol. The van der Waals surface area contributed by atoms with Crippen LogP contribution in [-0.4, -0.2) is 46.2 Å². The number of carbonyl (C=O) groups excluding carboxylic acids is 1. The topological polar surface area (TPSA) is 76.0 Å². The van der Waals surface area contributed by atoms with Crippen LogP contribution in [0.15, 0.2) is 47.6 Å².